The zero-order chi connectivity index (χ0) is 19.1. The van der Waals surface area contributed by atoms with Gasteiger partial charge in [0.2, 0.25) is 0 Å². The molecule has 1 aromatic heterocycles. The van der Waals surface area contributed by atoms with Crippen molar-refractivity contribution in [1.29, 1.82) is 0 Å². The summed E-state index contributed by atoms with van der Waals surface area (Å²) < 4.78 is 22.9. The highest BCUT2D eigenvalue weighted by Crippen LogP contribution is 2.50. The minimum atomic E-state index is -2.98. The standard InChI is InChI=1S/C20H27N3O3S/c1-27(25,26)11-6-18-15(13-21-22-18)14-23-9-7-20(8-10-23)12-19(24)16-4-2-3-5-17(16)20/h2-5,13,19,24H,6-12,14H2,1H3,(H,21,22). The third-order valence-corrected chi connectivity index (χ3v) is 7.16. The van der Waals surface area contributed by atoms with E-state index in [9.17, 15) is 13.5 Å². The van der Waals surface area contributed by atoms with Gasteiger partial charge in [0.25, 0.3) is 0 Å². The smallest absolute Gasteiger partial charge is 0.147 e. The van der Waals surface area contributed by atoms with Crippen LogP contribution in [0, 0.1) is 0 Å². The molecule has 1 aromatic carbocycles. The van der Waals surface area contributed by atoms with Crippen LogP contribution in [0.3, 0.4) is 0 Å². The van der Waals surface area contributed by atoms with E-state index in [1.807, 2.05) is 12.3 Å². The van der Waals surface area contributed by atoms with Crippen molar-refractivity contribution in [3.8, 4) is 0 Å². The van der Waals surface area contributed by atoms with E-state index in [1.165, 1.54) is 11.8 Å². The Hall–Kier alpha value is -1.70. The number of rotatable bonds is 5. The maximum atomic E-state index is 11.4. The number of hydrogen-bond donors (Lipinski definition) is 2. The highest BCUT2D eigenvalue weighted by Gasteiger charge is 2.44. The molecule has 0 amide bonds. The monoisotopic (exact) mass is 389 g/mol. The highest BCUT2D eigenvalue weighted by atomic mass is 32.2. The fraction of sp³-hybridized carbons (Fsp3) is 0.550. The number of aromatic nitrogens is 2. The van der Waals surface area contributed by atoms with Crippen LogP contribution < -0.4 is 0 Å². The predicted octanol–water partition coefficient (Wildman–Crippen LogP) is 1.97. The maximum absolute atomic E-state index is 11.4. The predicted molar refractivity (Wildman–Crippen MR) is 104 cm³/mol. The molecule has 7 heteroatoms. The van der Waals surface area contributed by atoms with Gasteiger partial charge in [-0.25, -0.2) is 8.42 Å². The average molecular weight is 390 g/mol. The third-order valence-electron chi connectivity index (χ3n) is 6.21. The summed E-state index contributed by atoms with van der Waals surface area (Å²) in [6, 6.07) is 8.32. The van der Waals surface area contributed by atoms with Crippen molar-refractivity contribution in [2.45, 2.75) is 43.7 Å². The number of nitrogens with one attached hydrogen (secondary N) is 1. The molecule has 0 saturated carbocycles. The Morgan fingerprint density at radius 2 is 2.04 bits per heavy atom. The summed E-state index contributed by atoms with van der Waals surface area (Å²) in [6.45, 7) is 2.73. The van der Waals surface area contributed by atoms with E-state index in [-0.39, 0.29) is 17.3 Å². The molecular weight excluding hydrogens is 362 g/mol. The molecule has 27 heavy (non-hydrogen) atoms. The van der Waals surface area contributed by atoms with Crippen LogP contribution in [0.5, 0.6) is 0 Å². The topological polar surface area (TPSA) is 86.3 Å². The van der Waals surface area contributed by atoms with Gasteiger partial charge in [-0.05, 0) is 43.5 Å². The summed E-state index contributed by atoms with van der Waals surface area (Å²) in [4.78, 5) is 2.41. The molecule has 1 saturated heterocycles. The van der Waals surface area contributed by atoms with Crippen molar-refractivity contribution >= 4 is 9.84 Å². The van der Waals surface area contributed by atoms with Gasteiger partial charge >= 0.3 is 0 Å². The molecular formula is C20H27N3O3S. The van der Waals surface area contributed by atoms with E-state index in [4.69, 9.17) is 0 Å². The van der Waals surface area contributed by atoms with E-state index in [0.29, 0.717) is 6.42 Å². The molecule has 4 rings (SSSR count). The normalized spacial score (nSPS) is 22.2. The molecule has 2 N–H and O–H groups in total. The number of hydrogen-bond acceptors (Lipinski definition) is 5. The fourth-order valence-corrected chi connectivity index (χ4v) is 5.27. The number of aliphatic hydroxyl groups excluding tert-OH is 1. The Kier molecular flexibility index (Phi) is 4.86. The van der Waals surface area contributed by atoms with Gasteiger partial charge in [-0.1, -0.05) is 24.3 Å². The molecule has 1 aliphatic carbocycles. The molecule has 1 unspecified atom stereocenters. The molecule has 1 fully saturated rings. The first-order valence-electron chi connectivity index (χ1n) is 9.55. The van der Waals surface area contributed by atoms with E-state index in [0.717, 1.165) is 55.7 Å². The van der Waals surface area contributed by atoms with Crippen molar-refractivity contribution < 1.29 is 13.5 Å². The Morgan fingerprint density at radius 3 is 2.78 bits per heavy atom. The van der Waals surface area contributed by atoms with Gasteiger partial charge in [0.1, 0.15) is 9.84 Å². The van der Waals surface area contributed by atoms with Crippen LogP contribution in [-0.2, 0) is 28.2 Å². The summed E-state index contributed by atoms with van der Waals surface area (Å²) in [5.41, 5.74) is 4.53. The molecule has 0 bridgehead atoms. The number of piperidine rings is 1. The average Bonchev–Trinajstić information content (AvgIpc) is 3.18. The first kappa shape index (κ1) is 18.7. The molecule has 1 spiro atoms. The summed E-state index contributed by atoms with van der Waals surface area (Å²) >= 11 is 0. The lowest BCUT2D eigenvalue weighted by Crippen LogP contribution is -2.41. The van der Waals surface area contributed by atoms with Crippen LogP contribution in [0.15, 0.2) is 30.5 Å². The number of aromatic amines is 1. The second-order valence-electron chi connectivity index (χ2n) is 8.12. The van der Waals surface area contributed by atoms with E-state index >= 15 is 0 Å². The quantitative estimate of drug-likeness (QED) is 0.816. The van der Waals surface area contributed by atoms with Gasteiger partial charge in [-0.15, -0.1) is 0 Å². The number of aliphatic hydroxyl groups is 1. The van der Waals surface area contributed by atoms with E-state index < -0.39 is 9.84 Å². The van der Waals surface area contributed by atoms with Crippen molar-refractivity contribution in [3.05, 3.63) is 52.8 Å². The Labute approximate surface area is 160 Å². The number of aryl methyl sites for hydroxylation is 1. The zero-order valence-electron chi connectivity index (χ0n) is 15.7. The van der Waals surface area contributed by atoms with Crippen molar-refractivity contribution in [2.75, 3.05) is 25.1 Å². The molecule has 146 valence electrons. The molecule has 1 atom stereocenters. The summed E-state index contributed by atoms with van der Waals surface area (Å²) in [6.07, 6.45) is 6.12. The van der Waals surface area contributed by atoms with Crippen molar-refractivity contribution in [3.63, 3.8) is 0 Å². The van der Waals surface area contributed by atoms with E-state index in [2.05, 4.69) is 33.3 Å². The van der Waals surface area contributed by atoms with Gasteiger partial charge in [-0.3, -0.25) is 10.00 Å². The highest BCUT2D eigenvalue weighted by molar-refractivity contribution is 7.90. The number of H-pyrrole nitrogens is 1. The lowest BCUT2D eigenvalue weighted by molar-refractivity contribution is 0.106. The number of nitrogens with zero attached hydrogens (tertiary/aromatic N) is 2. The summed E-state index contributed by atoms with van der Waals surface area (Å²) in [7, 11) is -2.98. The lowest BCUT2D eigenvalue weighted by Gasteiger charge is -2.40. The fourth-order valence-electron chi connectivity index (χ4n) is 4.69. The number of likely N-dealkylation sites (tertiary alicyclic amines) is 1. The van der Waals surface area contributed by atoms with Crippen LogP contribution in [-0.4, -0.2) is 53.7 Å². The van der Waals surface area contributed by atoms with E-state index in [1.54, 1.807) is 0 Å². The molecule has 0 radical (unpaired) electrons. The maximum Gasteiger partial charge on any atom is 0.147 e. The van der Waals surface area contributed by atoms with Gasteiger partial charge in [-0.2, -0.15) is 5.10 Å². The Balaban J connectivity index is 1.41. The third kappa shape index (κ3) is 3.81. The van der Waals surface area contributed by atoms with Crippen LogP contribution in [0.1, 0.15) is 47.8 Å². The minimum absolute atomic E-state index is 0.0992. The first-order valence-corrected chi connectivity index (χ1v) is 11.6. The number of benzene rings is 1. The van der Waals surface area contributed by atoms with Crippen LogP contribution in [0.4, 0.5) is 0 Å². The van der Waals surface area contributed by atoms with Crippen LogP contribution in [0.2, 0.25) is 0 Å². The molecule has 6 nitrogen and oxygen atoms in total. The molecule has 2 aromatic rings. The number of fused-ring (bicyclic) bond motifs is 2. The van der Waals surface area contributed by atoms with Gasteiger partial charge in [0.15, 0.2) is 0 Å². The SMILES string of the molecule is CS(=O)(=O)CCc1[nH]ncc1CN1CCC2(CC1)CC(O)c1ccccc12. The van der Waals surface area contributed by atoms with Crippen molar-refractivity contribution in [1.82, 2.24) is 15.1 Å². The van der Waals surface area contributed by atoms with Gasteiger partial charge in [0.05, 0.1) is 18.1 Å². The number of sulfone groups is 1. The second kappa shape index (κ2) is 7.04. The first-order chi connectivity index (χ1) is 12.9. The second-order valence-corrected chi connectivity index (χ2v) is 10.4. The molecule has 1 aliphatic heterocycles. The molecule has 2 aliphatic rings. The summed E-state index contributed by atoms with van der Waals surface area (Å²) in [5, 5.41) is 17.5. The van der Waals surface area contributed by atoms with Crippen LogP contribution in [0.25, 0.3) is 0 Å². The lowest BCUT2D eigenvalue weighted by atomic mass is 9.73. The van der Waals surface area contributed by atoms with Crippen LogP contribution >= 0.6 is 0 Å². The van der Waals surface area contributed by atoms with Gasteiger partial charge in [0, 0.05) is 35.9 Å². The minimum Gasteiger partial charge on any atom is -0.388 e. The van der Waals surface area contributed by atoms with Crippen molar-refractivity contribution in [2.24, 2.45) is 0 Å². The zero-order valence-corrected chi connectivity index (χ0v) is 16.5. The molecule has 2 heterocycles. The van der Waals surface area contributed by atoms with Gasteiger partial charge < -0.3 is 5.11 Å². The Morgan fingerprint density at radius 1 is 1.30 bits per heavy atom. The summed E-state index contributed by atoms with van der Waals surface area (Å²) in [5.74, 6) is 0.139. The Bertz CT molecular complexity index is 914. The largest absolute Gasteiger partial charge is 0.388 e.